The van der Waals surface area contributed by atoms with Gasteiger partial charge in [-0.1, -0.05) is 30.3 Å². The summed E-state index contributed by atoms with van der Waals surface area (Å²) in [6.07, 6.45) is 1.70. The number of nitrogens with zero attached hydrogens (tertiary/aromatic N) is 1. The van der Waals surface area contributed by atoms with E-state index in [0.29, 0.717) is 11.3 Å². The number of carbonyl (C=O) groups excluding carboxylic acids is 1. The second-order valence-corrected chi connectivity index (χ2v) is 6.14. The van der Waals surface area contributed by atoms with E-state index >= 15 is 0 Å². The van der Waals surface area contributed by atoms with Crippen LogP contribution in [0.1, 0.15) is 17.0 Å². The Balaban J connectivity index is 1.97. The second-order valence-electron chi connectivity index (χ2n) is 6.14. The van der Waals surface area contributed by atoms with E-state index in [9.17, 15) is 4.79 Å². The summed E-state index contributed by atoms with van der Waals surface area (Å²) in [4.78, 5) is 16.9. The molecule has 2 heterocycles. The van der Waals surface area contributed by atoms with Gasteiger partial charge in [0.05, 0.1) is 20.1 Å². The molecular weight excluding hydrogens is 344 g/mol. The molecule has 0 amide bonds. The number of rotatable bonds is 3. The molecule has 6 heteroatoms. The van der Waals surface area contributed by atoms with Crippen LogP contribution in [0, 0.1) is 0 Å². The van der Waals surface area contributed by atoms with E-state index in [-0.39, 0.29) is 11.5 Å². The number of methoxy groups -OCH3 is 2. The number of benzene rings is 2. The number of ether oxygens (including phenoxy) is 3. The van der Waals surface area contributed by atoms with Crippen molar-refractivity contribution in [1.82, 2.24) is 4.98 Å². The van der Waals surface area contributed by atoms with E-state index in [1.54, 1.807) is 13.3 Å². The fourth-order valence-electron chi connectivity index (χ4n) is 3.40. The van der Waals surface area contributed by atoms with Crippen molar-refractivity contribution >= 4 is 16.9 Å². The quantitative estimate of drug-likeness (QED) is 0.721. The van der Waals surface area contributed by atoms with Crippen molar-refractivity contribution in [1.29, 1.82) is 0 Å². The van der Waals surface area contributed by atoms with E-state index in [1.807, 2.05) is 48.5 Å². The maximum absolute atomic E-state index is 12.5. The summed E-state index contributed by atoms with van der Waals surface area (Å²) in [7, 11) is 2.93. The molecule has 136 valence electrons. The van der Waals surface area contributed by atoms with Crippen LogP contribution in [-0.4, -0.2) is 25.2 Å². The first-order valence-corrected chi connectivity index (χ1v) is 8.41. The highest BCUT2D eigenvalue weighted by Gasteiger charge is 2.36. The molecule has 1 aromatic heterocycles. The van der Waals surface area contributed by atoms with Gasteiger partial charge in [-0.15, -0.1) is 0 Å². The lowest BCUT2D eigenvalue weighted by molar-refractivity contribution is -0.136. The lowest BCUT2D eigenvalue weighted by Gasteiger charge is -2.28. The third-order valence-corrected chi connectivity index (χ3v) is 4.69. The van der Waals surface area contributed by atoms with Crippen LogP contribution in [0.3, 0.4) is 0 Å². The number of pyridine rings is 1. The Morgan fingerprint density at radius 2 is 1.89 bits per heavy atom. The third kappa shape index (κ3) is 2.75. The van der Waals surface area contributed by atoms with E-state index < -0.39 is 11.9 Å². The first-order chi connectivity index (χ1) is 13.1. The molecular formula is C21H18N2O4. The third-order valence-electron chi connectivity index (χ3n) is 4.69. The first kappa shape index (κ1) is 16.9. The zero-order chi connectivity index (χ0) is 19.0. The molecule has 1 aliphatic rings. The van der Waals surface area contributed by atoms with Crippen LogP contribution in [0.25, 0.3) is 10.9 Å². The topological polar surface area (TPSA) is 83.7 Å². The molecule has 2 N–H and O–H groups in total. The number of hydrogen-bond donors (Lipinski definition) is 1. The van der Waals surface area contributed by atoms with Crippen molar-refractivity contribution in [3.63, 3.8) is 0 Å². The Hall–Kier alpha value is -3.54. The fraction of sp³-hybridized carbons (Fsp3) is 0.143. The zero-order valence-corrected chi connectivity index (χ0v) is 14.9. The van der Waals surface area contributed by atoms with Crippen molar-refractivity contribution in [2.45, 2.75) is 5.92 Å². The maximum Gasteiger partial charge on any atom is 0.340 e. The van der Waals surface area contributed by atoms with E-state index in [4.69, 9.17) is 19.9 Å². The molecule has 1 aliphatic heterocycles. The standard InChI is InChI=1S/C21H18N2O4/c1-25-14-8-5-12(6-9-14)16-15-10-7-13-4-3-11-23-18(13)19(15)27-20(22)17(16)21(24)26-2/h3-11,16H,22H2,1-2H3. The number of carbonyl (C=O) groups is 1. The lowest BCUT2D eigenvalue weighted by atomic mass is 9.82. The largest absolute Gasteiger partial charge is 0.497 e. The monoisotopic (exact) mass is 362 g/mol. The highest BCUT2D eigenvalue weighted by molar-refractivity contribution is 5.95. The van der Waals surface area contributed by atoms with Crippen LogP contribution < -0.4 is 15.2 Å². The van der Waals surface area contributed by atoms with Gasteiger partial charge >= 0.3 is 5.97 Å². The predicted molar refractivity (Wildman–Crippen MR) is 100 cm³/mol. The Morgan fingerprint density at radius 3 is 2.59 bits per heavy atom. The fourth-order valence-corrected chi connectivity index (χ4v) is 3.40. The molecule has 0 aliphatic carbocycles. The van der Waals surface area contributed by atoms with Gasteiger partial charge < -0.3 is 19.9 Å². The normalized spacial score (nSPS) is 15.9. The van der Waals surface area contributed by atoms with Crippen molar-refractivity contribution in [2.75, 3.05) is 14.2 Å². The van der Waals surface area contributed by atoms with Crippen molar-refractivity contribution in [2.24, 2.45) is 5.73 Å². The van der Waals surface area contributed by atoms with Crippen LogP contribution in [0.5, 0.6) is 11.5 Å². The van der Waals surface area contributed by atoms with Crippen LogP contribution in [0.15, 0.2) is 66.2 Å². The predicted octanol–water partition coefficient (Wildman–Crippen LogP) is 3.11. The Kier molecular flexibility index (Phi) is 4.16. The average Bonchev–Trinajstić information content (AvgIpc) is 2.72. The molecule has 0 bridgehead atoms. The first-order valence-electron chi connectivity index (χ1n) is 8.41. The van der Waals surface area contributed by atoms with Crippen LogP contribution in [-0.2, 0) is 9.53 Å². The molecule has 0 radical (unpaired) electrons. The van der Waals surface area contributed by atoms with Gasteiger partial charge in [-0.05, 0) is 23.8 Å². The van der Waals surface area contributed by atoms with Gasteiger partial charge in [0.2, 0.25) is 5.88 Å². The molecule has 3 aromatic rings. The highest BCUT2D eigenvalue weighted by atomic mass is 16.5. The molecule has 1 unspecified atom stereocenters. The Morgan fingerprint density at radius 1 is 1.11 bits per heavy atom. The van der Waals surface area contributed by atoms with Gasteiger partial charge in [0.25, 0.3) is 0 Å². The van der Waals surface area contributed by atoms with Crippen LogP contribution >= 0.6 is 0 Å². The summed E-state index contributed by atoms with van der Waals surface area (Å²) >= 11 is 0. The molecule has 0 saturated carbocycles. The van der Waals surface area contributed by atoms with Gasteiger partial charge in [-0.3, -0.25) is 4.98 Å². The van der Waals surface area contributed by atoms with Gasteiger partial charge in [0.15, 0.2) is 5.75 Å². The zero-order valence-electron chi connectivity index (χ0n) is 14.9. The van der Waals surface area contributed by atoms with E-state index in [1.165, 1.54) is 7.11 Å². The van der Waals surface area contributed by atoms with Crippen LogP contribution in [0.2, 0.25) is 0 Å². The summed E-state index contributed by atoms with van der Waals surface area (Å²) in [5.74, 6) is 0.341. The number of nitrogens with two attached hydrogens (primary N) is 1. The molecule has 6 nitrogen and oxygen atoms in total. The highest BCUT2D eigenvalue weighted by Crippen LogP contribution is 2.45. The SMILES string of the molecule is COC(=O)C1=C(N)Oc2c(ccc3cccnc23)C1c1ccc(OC)cc1. The minimum absolute atomic E-state index is 0.0216. The van der Waals surface area contributed by atoms with Crippen molar-refractivity contribution < 1.29 is 19.0 Å². The molecule has 0 fully saturated rings. The summed E-state index contributed by atoms with van der Waals surface area (Å²) in [6.45, 7) is 0. The van der Waals surface area contributed by atoms with Gasteiger partial charge in [-0.25, -0.2) is 4.79 Å². The summed E-state index contributed by atoms with van der Waals surface area (Å²) in [6, 6.07) is 15.2. The number of fused-ring (bicyclic) bond motifs is 3. The summed E-state index contributed by atoms with van der Waals surface area (Å²) in [5, 5.41) is 0.930. The van der Waals surface area contributed by atoms with Gasteiger partial charge in [-0.2, -0.15) is 0 Å². The Labute approximate surface area is 156 Å². The number of aromatic nitrogens is 1. The van der Waals surface area contributed by atoms with Gasteiger partial charge in [0.1, 0.15) is 16.8 Å². The van der Waals surface area contributed by atoms with Crippen LogP contribution in [0.4, 0.5) is 0 Å². The van der Waals surface area contributed by atoms with Crippen molar-refractivity contribution in [3.05, 3.63) is 77.3 Å². The number of esters is 1. The lowest BCUT2D eigenvalue weighted by Crippen LogP contribution is -2.27. The molecule has 0 spiro atoms. The average molecular weight is 362 g/mol. The molecule has 4 rings (SSSR count). The minimum atomic E-state index is -0.528. The molecule has 0 saturated heterocycles. The van der Waals surface area contributed by atoms with Crippen molar-refractivity contribution in [3.8, 4) is 11.5 Å². The molecule has 1 atom stereocenters. The number of hydrogen-bond acceptors (Lipinski definition) is 6. The van der Waals surface area contributed by atoms with E-state index in [2.05, 4.69) is 4.98 Å². The maximum atomic E-state index is 12.5. The Bertz CT molecular complexity index is 1060. The van der Waals surface area contributed by atoms with Gasteiger partial charge in [0, 0.05) is 17.1 Å². The summed E-state index contributed by atoms with van der Waals surface area (Å²) < 4.78 is 16.0. The molecule has 27 heavy (non-hydrogen) atoms. The second kappa shape index (κ2) is 6.64. The van der Waals surface area contributed by atoms with E-state index in [0.717, 1.165) is 22.3 Å². The minimum Gasteiger partial charge on any atom is -0.497 e. The molecule has 2 aromatic carbocycles. The summed E-state index contributed by atoms with van der Waals surface area (Å²) in [5.41, 5.74) is 8.79. The smallest absolute Gasteiger partial charge is 0.340 e.